The van der Waals surface area contributed by atoms with Gasteiger partial charge >= 0.3 is 0 Å². The quantitative estimate of drug-likeness (QED) is 0.633. The highest BCUT2D eigenvalue weighted by atomic mass is 16.2. The number of amides is 1. The van der Waals surface area contributed by atoms with Crippen molar-refractivity contribution in [3.05, 3.63) is 29.9 Å². The zero-order valence-corrected chi connectivity index (χ0v) is 9.34. The van der Waals surface area contributed by atoms with Gasteiger partial charge in [0.25, 0.3) is 0 Å². The fraction of sp³-hybridized carbons (Fsp3) is 0.455. The fourth-order valence-corrected chi connectivity index (χ4v) is 1.72. The van der Waals surface area contributed by atoms with Crippen LogP contribution >= 0.6 is 0 Å². The molecule has 2 rings (SSSR count). The Morgan fingerprint density at radius 1 is 1.75 bits per heavy atom. The van der Waals surface area contributed by atoms with E-state index in [-0.39, 0.29) is 11.9 Å². The van der Waals surface area contributed by atoms with Crippen LogP contribution in [0.1, 0.15) is 18.3 Å². The van der Waals surface area contributed by atoms with Crippen LogP contribution in [0, 0.1) is 0 Å². The maximum absolute atomic E-state index is 11.8. The molecule has 3 N–H and O–H groups in total. The van der Waals surface area contributed by atoms with Gasteiger partial charge in [0.1, 0.15) is 0 Å². The molecule has 16 heavy (non-hydrogen) atoms. The van der Waals surface area contributed by atoms with Gasteiger partial charge in [-0.2, -0.15) is 0 Å². The zero-order chi connectivity index (χ0) is 11.5. The molecule has 1 aliphatic heterocycles. The number of carbonyl (C=O) groups is 1. The van der Waals surface area contributed by atoms with Crippen molar-refractivity contribution in [3.63, 3.8) is 0 Å². The molecule has 86 valence electrons. The second kappa shape index (κ2) is 4.49. The first kappa shape index (κ1) is 10.9. The smallest absolute Gasteiger partial charge is 0.237 e. The topological polar surface area (TPSA) is 69.8 Å². The lowest BCUT2D eigenvalue weighted by molar-refractivity contribution is -0.123. The zero-order valence-electron chi connectivity index (χ0n) is 9.34. The van der Waals surface area contributed by atoms with Gasteiger partial charge in [0.05, 0.1) is 23.8 Å². The highest BCUT2D eigenvalue weighted by Gasteiger charge is 2.25. The van der Waals surface area contributed by atoms with E-state index >= 15 is 0 Å². The molecule has 5 nitrogen and oxygen atoms in total. The molecule has 0 spiro atoms. The second-order valence-electron chi connectivity index (χ2n) is 4.14. The molecule has 1 unspecified atom stereocenters. The molecule has 1 aliphatic rings. The minimum Gasteiger partial charge on any atom is -0.351 e. The molecule has 1 amide bonds. The summed E-state index contributed by atoms with van der Waals surface area (Å²) in [5.74, 6) is 0.0108. The van der Waals surface area contributed by atoms with Crippen LogP contribution in [0.3, 0.4) is 0 Å². The lowest BCUT2D eigenvalue weighted by atomic mass is 10.0. The summed E-state index contributed by atoms with van der Waals surface area (Å²) in [6.45, 7) is 6.84. The molecule has 0 bridgehead atoms. The molecular weight excluding hydrogens is 204 g/mol. The van der Waals surface area contributed by atoms with E-state index in [1.54, 1.807) is 6.33 Å². The second-order valence-corrected chi connectivity index (χ2v) is 4.14. The number of imidazole rings is 1. The molecule has 2 heterocycles. The van der Waals surface area contributed by atoms with Crippen molar-refractivity contribution in [3.8, 4) is 0 Å². The largest absolute Gasteiger partial charge is 0.351 e. The molecule has 1 aromatic heterocycles. The Balaban J connectivity index is 1.93. The number of nitrogens with zero attached hydrogens (tertiary/aromatic N) is 1. The van der Waals surface area contributed by atoms with Crippen LogP contribution in [0.5, 0.6) is 0 Å². The van der Waals surface area contributed by atoms with Gasteiger partial charge in [0.15, 0.2) is 0 Å². The molecule has 0 fully saturated rings. The van der Waals surface area contributed by atoms with E-state index < -0.39 is 0 Å². The van der Waals surface area contributed by atoms with Crippen molar-refractivity contribution in [2.75, 3.05) is 6.54 Å². The number of carbonyl (C=O) groups excluding carboxylic acids is 1. The number of H-pyrrole nitrogens is 1. The Hall–Kier alpha value is -1.62. The van der Waals surface area contributed by atoms with Crippen LogP contribution in [0.25, 0.3) is 0 Å². The molecule has 0 aromatic carbocycles. The molecule has 0 saturated carbocycles. The molecule has 0 saturated heterocycles. The van der Waals surface area contributed by atoms with Crippen molar-refractivity contribution in [1.29, 1.82) is 0 Å². The number of fused-ring (bicyclic) bond motifs is 1. The van der Waals surface area contributed by atoms with E-state index in [1.807, 2.05) is 6.92 Å². The molecule has 0 aliphatic carbocycles. The Labute approximate surface area is 94.3 Å². The summed E-state index contributed by atoms with van der Waals surface area (Å²) < 4.78 is 0. The van der Waals surface area contributed by atoms with Crippen molar-refractivity contribution in [1.82, 2.24) is 20.6 Å². The standard InChI is InChI=1S/C11H16N4O/c1-7(2)4-13-11(16)9-3-8-10(5-12-9)15-6-14-8/h6,9,12H,1,3-5H2,2H3,(H,13,16)(H,14,15). The maximum Gasteiger partial charge on any atom is 0.237 e. The monoisotopic (exact) mass is 220 g/mol. The van der Waals surface area contributed by atoms with Crippen LogP contribution in [0.15, 0.2) is 18.5 Å². The van der Waals surface area contributed by atoms with Gasteiger partial charge in [-0.15, -0.1) is 0 Å². The lowest BCUT2D eigenvalue weighted by Crippen LogP contribution is -2.48. The van der Waals surface area contributed by atoms with E-state index in [1.165, 1.54) is 0 Å². The summed E-state index contributed by atoms with van der Waals surface area (Å²) in [6.07, 6.45) is 2.31. The third kappa shape index (κ3) is 2.30. The number of nitrogens with one attached hydrogen (secondary N) is 3. The number of hydrogen-bond acceptors (Lipinski definition) is 3. The van der Waals surface area contributed by atoms with E-state index in [0.717, 1.165) is 17.0 Å². The van der Waals surface area contributed by atoms with Crippen LogP contribution in [-0.4, -0.2) is 28.5 Å². The summed E-state index contributed by atoms with van der Waals surface area (Å²) in [7, 11) is 0. The average molecular weight is 220 g/mol. The molecule has 5 heteroatoms. The average Bonchev–Trinajstić information content (AvgIpc) is 2.72. The van der Waals surface area contributed by atoms with Crippen molar-refractivity contribution in [2.24, 2.45) is 0 Å². The molecule has 1 atom stereocenters. The third-order valence-electron chi connectivity index (χ3n) is 2.61. The highest BCUT2D eigenvalue weighted by Crippen LogP contribution is 2.11. The van der Waals surface area contributed by atoms with Gasteiger partial charge in [0, 0.05) is 19.5 Å². The van der Waals surface area contributed by atoms with Gasteiger partial charge < -0.3 is 10.3 Å². The van der Waals surface area contributed by atoms with Crippen LogP contribution < -0.4 is 10.6 Å². The van der Waals surface area contributed by atoms with Gasteiger partial charge in [0.2, 0.25) is 5.91 Å². The van der Waals surface area contributed by atoms with Gasteiger partial charge in [-0.25, -0.2) is 4.98 Å². The summed E-state index contributed by atoms with van der Waals surface area (Å²) >= 11 is 0. The van der Waals surface area contributed by atoms with Gasteiger partial charge in [-0.1, -0.05) is 12.2 Å². The summed E-state index contributed by atoms with van der Waals surface area (Å²) in [5, 5.41) is 6.01. The number of hydrogen-bond donors (Lipinski definition) is 3. The van der Waals surface area contributed by atoms with E-state index in [2.05, 4.69) is 27.2 Å². The minimum atomic E-state index is -0.185. The van der Waals surface area contributed by atoms with Crippen molar-refractivity contribution in [2.45, 2.75) is 25.9 Å². The van der Waals surface area contributed by atoms with Gasteiger partial charge in [-0.05, 0) is 6.92 Å². The predicted octanol–water partition coefficient (Wildman–Crippen LogP) is 0.116. The van der Waals surface area contributed by atoms with Crippen LogP contribution in [0.4, 0.5) is 0 Å². The summed E-state index contributed by atoms with van der Waals surface area (Å²) in [5.41, 5.74) is 3.00. The maximum atomic E-state index is 11.8. The first-order chi connectivity index (χ1) is 7.66. The summed E-state index contributed by atoms with van der Waals surface area (Å²) in [6, 6.07) is -0.185. The lowest BCUT2D eigenvalue weighted by Gasteiger charge is -2.22. The van der Waals surface area contributed by atoms with E-state index in [4.69, 9.17) is 0 Å². The highest BCUT2D eigenvalue weighted by molar-refractivity contribution is 5.82. The van der Waals surface area contributed by atoms with E-state index in [0.29, 0.717) is 19.5 Å². The fourth-order valence-electron chi connectivity index (χ4n) is 1.72. The predicted molar refractivity (Wildman–Crippen MR) is 60.7 cm³/mol. The Morgan fingerprint density at radius 3 is 3.31 bits per heavy atom. The minimum absolute atomic E-state index is 0.0108. The Kier molecular flexibility index (Phi) is 3.05. The SMILES string of the molecule is C=C(C)CNC(=O)C1Cc2nc[nH]c2CN1. The normalized spacial score (nSPS) is 18.9. The van der Waals surface area contributed by atoms with E-state index in [9.17, 15) is 4.79 Å². The van der Waals surface area contributed by atoms with Crippen LogP contribution in [0.2, 0.25) is 0 Å². The van der Waals surface area contributed by atoms with Crippen molar-refractivity contribution >= 4 is 5.91 Å². The molecule has 0 radical (unpaired) electrons. The van der Waals surface area contributed by atoms with Crippen molar-refractivity contribution < 1.29 is 4.79 Å². The van der Waals surface area contributed by atoms with Crippen LogP contribution in [-0.2, 0) is 17.8 Å². The molecule has 1 aromatic rings. The number of aromatic amines is 1. The summed E-state index contributed by atoms with van der Waals surface area (Å²) in [4.78, 5) is 19.0. The third-order valence-corrected chi connectivity index (χ3v) is 2.61. The first-order valence-electron chi connectivity index (χ1n) is 5.33. The first-order valence-corrected chi connectivity index (χ1v) is 5.33. The Bertz CT molecular complexity index is 410. The van der Waals surface area contributed by atoms with Gasteiger partial charge in [-0.3, -0.25) is 10.1 Å². The number of aromatic nitrogens is 2. The molecular formula is C11H16N4O. The number of rotatable bonds is 3. The Morgan fingerprint density at radius 2 is 2.56 bits per heavy atom.